The van der Waals surface area contributed by atoms with Crippen molar-refractivity contribution in [1.82, 2.24) is 0 Å². The number of hydrogen-bond acceptors (Lipinski definition) is 1. The summed E-state index contributed by atoms with van der Waals surface area (Å²) in [5, 5.41) is 9.34. The summed E-state index contributed by atoms with van der Waals surface area (Å²) in [7, 11) is 0. The first-order chi connectivity index (χ1) is 5.92. The maximum atomic E-state index is 11.3. The van der Waals surface area contributed by atoms with Gasteiger partial charge in [0.1, 0.15) is 0 Å². The molecule has 2 aliphatic carbocycles. The molecule has 3 atom stereocenters. The molecule has 2 nitrogen and oxygen atoms in total. The molecule has 13 heavy (non-hydrogen) atoms. The van der Waals surface area contributed by atoms with Gasteiger partial charge in [-0.25, -0.2) is 0 Å². The zero-order chi connectivity index (χ0) is 9.85. The van der Waals surface area contributed by atoms with Gasteiger partial charge in [-0.3, -0.25) is 4.79 Å². The lowest BCUT2D eigenvalue weighted by Crippen LogP contribution is -2.43. The fraction of sp³-hybridized carbons (Fsp3) is 0.909. The highest BCUT2D eigenvalue weighted by Gasteiger charge is 2.64. The summed E-state index contributed by atoms with van der Waals surface area (Å²) in [6.45, 7) is 6.48. The number of hydrogen-bond donors (Lipinski definition) is 1. The maximum absolute atomic E-state index is 11.3. The second-order valence-electron chi connectivity index (χ2n) is 5.40. The molecule has 0 aromatic heterocycles. The molecule has 74 valence electrons. The Morgan fingerprint density at radius 2 is 2.08 bits per heavy atom. The quantitative estimate of drug-likeness (QED) is 0.676. The zero-order valence-corrected chi connectivity index (χ0v) is 8.63. The molecule has 2 bridgehead atoms. The number of aliphatic carboxylic acids is 1. The van der Waals surface area contributed by atoms with Crippen LogP contribution in [-0.4, -0.2) is 11.1 Å². The molecule has 2 saturated carbocycles. The van der Waals surface area contributed by atoms with Crippen LogP contribution in [0, 0.1) is 22.7 Å². The van der Waals surface area contributed by atoms with Crippen molar-refractivity contribution in [2.24, 2.45) is 22.7 Å². The fourth-order valence-electron chi connectivity index (χ4n) is 3.59. The number of fused-ring (bicyclic) bond motifs is 2. The molecular formula is C11H18O2. The Bertz CT molecular complexity index is 257. The van der Waals surface area contributed by atoms with Gasteiger partial charge in [0.15, 0.2) is 0 Å². The first-order valence-corrected chi connectivity index (χ1v) is 5.15. The molecule has 0 aromatic rings. The third-order valence-corrected chi connectivity index (χ3v) is 5.04. The predicted octanol–water partition coefficient (Wildman–Crippen LogP) is 2.53. The van der Waals surface area contributed by atoms with Gasteiger partial charge in [-0.1, -0.05) is 20.8 Å². The number of rotatable bonds is 1. The van der Waals surface area contributed by atoms with Gasteiger partial charge in [-0.15, -0.1) is 0 Å². The second-order valence-corrected chi connectivity index (χ2v) is 5.40. The predicted molar refractivity (Wildman–Crippen MR) is 50.4 cm³/mol. The standard InChI is InChI=1S/C11H18O2/c1-7-8-4-5-11(6-8,9(12)13)10(7,2)3/h7-8H,4-6H2,1-3H3,(H,12,13)/t7?,8-,11+/m1/s1. The molecule has 0 radical (unpaired) electrons. The van der Waals surface area contributed by atoms with Gasteiger partial charge in [-0.05, 0) is 36.5 Å². The van der Waals surface area contributed by atoms with Crippen molar-refractivity contribution in [3.05, 3.63) is 0 Å². The third kappa shape index (κ3) is 0.818. The van der Waals surface area contributed by atoms with Crippen LogP contribution >= 0.6 is 0 Å². The maximum Gasteiger partial charge on any atom is 0.310 e. The molecule has 2 heteroatoms. The average Bonchev–Trinajstić information content (AvgIpc) is 2.53. The van der Waals surface area contributed by atoms with E-state index in [2.05, 4.69) is 20.8 Å². The van der Waals surface area contributed by atoms with E-state index in [9.17, 15) is 9.90 Å². The van der Waals surface area contributed by atoms with E-state index >= 15 is 0 Å². The Morgan fingerprint density at radius 3 is 2.38 bits per heavy atom. The van der Waals surface area contributed by atoms with E-state index in [1.165, 1.54) is 0 Å². The molecule has 0 amide bonds. The first kappa shape index (κ1) is 9.04. The molecule has 2 rings (SSSR count). The van der Waals surface area contributed by atoms with Gasteiger partial charge in [-0.2, -0.15) is 0 Å². The third-order valence-electron chi connectivity index (χ3n) is 5.04. The zero-order valence-electron chi connectivity index (χ0n) is 8.63. The Hall–Kier alpha value is -0.530. The lowest BCUT2D eigenvalue weighted by atomic mass is 9.61. The van der Waals surface area contributed by atoms with Crippen molar-refractivity contribution in [2.75, 3.05) is 0 Å². The topological polar surface area (TPSA) is 37.3 Å². The van der Waals surface area contributed by atoms with E-state index in [0.717, 1.165) is 19.3 Å². The summed E-state index contributed by atoms with van der Waals surface area (Å²) in [4.78, 5) is 11.3. The highest BCUT2D eigenvalue weighted by molar-refractivity contribution is 5.77. The minimum Gasteiger partial charge on any atom is -0.481 e. The van der Waals surface area contributed by atoms with Crippen LogP contribution in [0.25, 0.3) is 0 Å². The van der Waals surface area contributed by atoms with Crippen LogP contribution in [0.4, 0.5) is 0 Å². The van der Waals surface area contributed by atoms with Crippen LogP contribution in [0.1, 0.15) is 40.0 Å². The van der Waals surface area contributed by atoms with E-state index in [-0.39, 0.29) is 5.41 Å². The van der Waals surface area contributed by atoms with Crippen LogP contribution in [-0.2, 0) is 4.79 Å². The number of carboxylic acids is 1. The molecule has 1 unspecified atom stereocenters. The molecule has 0 spiro atoms. The Labute approximate surface area is 79.3 Å². The summed E-state index contributed by atoms with van der Waals surface area (Å²) in [6.07, 6.45) is 2.93. The Morgan fingerprint density at radius 1 is 1.46 bits per heavy atom. The largest absolute Gasteiger partial charge is 0.481 e. The normalized spacial score (nSPS) is 46.7. The van der Waals surface area contributed by atoms with E-state index in [1.807, 2.05) is 0 Å². The fourth-order valence-corrected chi connectivity index (χ4v) is 3.59. The molecule has 0 heterocycles. The van der Waals surface area contributed by atoms with Gasteiger partial charge in [0.2, 0.25) is 0 Å². The summed E-state index contributed by atoms with van der Waals surface area (Å²) in [5.41, 5.74) is -0.418. The summed E-state index contributed by atoms with van der Waals surface area (Å²) in [5.74, 6) is 0.660. The van der Waals surface area contributed by atoms with E-state index in [4.69, 9.17) is 0 Å². The van der Waals surface area contributed by atoms with Crippen molar-refractivity contribution in [3.63, 3.8) is 0 Å². The molecule has 2 fully saturated rings. The first-order valence-electron chi connectivity index (χ1n) is 5.15. The molecule has 0 aliphatic heterocycles. The van der Waals surface area contributed by atoms with E-state index < -0.39 is 11.4 Å². The van der Waals surface area contributed by atoms with Gasteiger partial charge < -0.3 is 5.11 Å². The van der Waals surface area contributed by atoms with Crippen molar-refractivity contribution < 1.29 is 9.90 Å². The lowest BCUT2D eigenvalue weighted by Gasteiger charge is -2.42. The van der Waals surface area contributed by atoms with Gasteiger partial charge in [0.05, 0.1) is 5.41 Å². The highest BCUT2D eigenvalue weighted by Crippen LogP contribution is 2.66. The summed E-state index contributed by atoms with van der Waals surface area (Å²) < 4.78 is 0. The second kappa shape index (κ2) is 2.28. The average molecular weight is 182 g/mol. The van der Waals surface area contributed by atoms with Crippen molar-refractivity contribution in [1.29, 1.82) is 0 Å². The van der Waals surface area contributed by atoms with Crippen LogP contribution in [0.3, 0.4) is 0 Å². The van der Waals surface area contributed by atoms with Crippen molar-refractivity contribution >= 4 is 5.97 Å². The number of carboxylic acid groups (broad SMARTS) is 1. The van der Waals surface area contributed by atoms with Crippen LogP contribution in [0.2, 0.25) is 0 Å². The smallest absolute Gasteiger partial charge is 0.310 e. The summed E-state index contributed by atoms with van der Waals surface area (Å²) >= 11 is 0. The number of carbonyl (C=O) groups is 1. The van der Waals surface area contributed by atoms with Crippen molar-refractivity contribution in [3.8, 4) is 0 Å². The lowest BCUT2D eigenvalue weighted by molar-refractivity contribution is -0.156. The minimum atomic E-state index is -0.565. The molecule has 0 aromatic carbocycles. The molecule has 0 saturated heterocycles. The highest BCUT2D eigenvalue weighted by atomic mass is 16.4. The van der Waals surface area contributed by atoms with E-state index in [1.54, 1.807) is 0 Å². The Kier molecular flexibility index (Phi) is 1.59. The Balaban J connectivity index is 2.44. The van der Waals surface area contributed by atoms with Crippen LogP contribution in [0.15, 0.2) is 0 Å². The minimum absolute atomic E-state index is 0.0122. The van der Waals surface area contributed by atoms with Crippen molar-refractivity contribution in [2.45, 2.75) is 40.0 Å². The SMILES string of the molecule is CC1[C@@H]2CC[C@@](C(=O)O)(C2)C1(C)C. The van der Waals surface area contributed by atoms with Gasteiger partial charge in [0, 0.05) is 0 Å². The summed E-state index contributed by atoms with van der Waals surface area (Å²) in [6, 6.07) is 0. The molecule has 1 N–H and O–H groups in total. The molecule has 2 aliphatic rings. The van der Waals surface area contributed by atoms with E-state index in [0.29, 0.717) is 11.8 Å². The van der Waals surface area contributed by atoms with Crippen LogP contribution in [0.5, 0.6) is 0 Å². The van der Waals surface area contributed by atoms with Gasteiger partial charge in [0.25, 0.3) is 0 Å². The monoisotopic (exact) mass is 182 g/mol. The molecular weight excluding hydrogens is 164 g/mol. The van der Waals surface area contributed by atoms with Gasteiger partial charge >= 0.3 is 5.97 Å². The van der Waals surface area contributed by atoms with Crippen LogP contribution < -0.4 is 0 Å².